The molecule has 0 radical (unpaired) electrons. The van der Waals surface area contributed by atoms with Crippen LogP contribution in [0.2, 0.25) is 0 Å². The zero-order valence-electron chi connectivity index (χ0n) is 5.89. The highest BCUT2D eigenvalue weighted by atomic mass is 16.6. The second kappa shape index (κ2) is 3.00. The Morgan fingerprint density at radius 2 is 2.08 bits per heavy atom. The standard InChI is InChI=1S/C7H5NO4/c9-4-5-3-6(10)1-2-7(5)8(11)12/h1-4,10H/p-1. The molecule has 62 valence electrons. The Morgan fingerprint density at radius 1 is 1.42 bits per heavy atom. The number of aldehydes is 1. The largest absolute Gasteiger partial charge is 0.872 e. The zero-order valence-corrected chi connectivity index (χ0v) is 5.89. The number of hydrogen-bond donors (Lipinski definition) is 0. The van der Waals surface area contributed by atoms with Crippen LogP contribution in [0.25, 0.3) is 0 Å². The number of carbonyl (C=O) groups is 1. The summed E-state index contributed by atoms with van der Waals surface area (Å²) in [5.41, 5.74) is -0.530. The minimum atomic E-state index is -0.705. The van der Waals surface area contributed by atoms with Crippen molar-refractivity contribution in [2.24, 2.45) is 0 Å². The molecular weight excluding hydrogens is 162 g/mol. The van der Waals surface area contributed by atoms with E-state index in [1.165, 1.54) is 0 Å². The van der Waals surface area contributed by atoms with Gasteiger partial charge in [0.25, 0.3) is 5.69 Å². The van der Waals surface area contributed by atoms with Crippen LogP contribution in [-0.4, -0.2) is 11.2 Å². The molecule has 0 N–H and O–H groups in total. The molecule has 5 nitrogen and oxygen atoms in total. The Labute approximate surface area is 67.4 Å². The van der Waals surface area contributed by atoms with Crippen molar-refractivity contribution in [2.75, 3.05) is 0 Å². The average molecular weight is 166 g/mol. The van der Waals surface area contributed by atoms with Crippen molar-refractivity contribution in [2.45, 2.75) is 0 Å². The van der Waals surface area contributed by atoms with Gasteiger partial charge in [-0.05, 0) is 0 Å². The number of benzene rings is 1. The summed E-state index contributed by atoms with van der Waals surface area (Å²) >= 11 is 0. The maximum atomic E-state index is 10.6. The highest BCUT2D eigenvalue weighted by molar-refractivity contribution is 5.81. The van der Waals surface area contributed by atoms with E-state index >= 15 is 0 Å². The number of nitro groups is 1. The van der Waals surface area contributed by atoms with Crippen molar-refractivity contribution >= 4 is 12.0 Å². The van der Waals surface area contributed by atoms with Crippen LogP contribution in [0.5, 0.6) is 5.75 Å². The first-order chi connectivity index (χ1) is 5.65. The Balaban J connectivity index is 3.29. The molecular formula is C7H4NO4-. The molecule has 1 aromatic carbocycles. The van der Waals surface area contributed by atoms with Gasteiger partial charge in [0, 0.05) is 6.07 Å². The van der Waals surface area contributed by atoms with Crippen LogP contribution < -0.4 is 5.11 Å². The zero-order chi connectivity index (χ0) is 9.14. The number of carbonyl (C=O) groups excluding carboxylic acids is 1. The minimum absolute atomic E-state index is 0.187. The van der Waals surface area contributed by atoms with E-state index in [1.54, 1.807) is 0 Å². The van der Waals surface area contributed by atoms with E-state index < -0.39 is 10.7 Å². The predicted molar refractivity (Wildman–Crippen MR) is 37.9 cm³/mol. The van der Waals surface area contributed by atoms with E-state index in [4.69, 9.17) is 0 Å². The number of nitro benzene ring substituents is 1. The van der Waals surface area contributed by atoms with Gasteiger partial charge < -0.3 is 5.11 Å². The van der Waals surface area contributed by atoms with Gasteiger partial charge in [0.15, 0.2) is 6.29 Å². The van der Waals surface area contributed by atoms with Gasteiger partial charge in [-0.3, -0.25) is 14.9 Å². The van der Waals surface area contributed by atoms with Gasteiger partial charge in [-0.25, -0.2) is 0 Å². The molecule has 0 aliphatic carbocycles. The highest BCUT2D eigenvalue weighted by Crippen LogP contribution is 2.19. The molecule has 12 heavy (non-hydrogen) atoms. The fraction of sp³-hybridized carbons (Fsp3) is 0. The van der Waals surface area contributed by atoms with Gasteiger partial charge in [-0.15, -0.1) is 5.75 Å². The van der Waals surface area contributed by atoms with Crippen molar-refractivity contribution < 1.29 is 14.8 Å². The van der Waals surface area contributed by atoms with Gasteiger partial charge in [0.2, 0.25) is 0 Å². The quantitative estimate of drug-likeness (QED) is 0.363. The fourth-order valence-corrected chi connectivity index (χ4v) is 0.793. The van der Waals surface area contributed by atoms with E-state index in [1.807, 2.05) is 0 Å². The van der Waals surface area contributed by atoms with Crippen LogP contribution >= 0.6 is 0 Å². The Morgan fingerprint density at radius 3 is 2.58 bits per heavy atom. The Bertz CT molecular complexity index is 334. The average Bonchev–Trinajstić information content (AvgIpc) is 2.03. The summed E-state index contributed by atoms with van der Waals surface area (Å²) < 4.78 is 0. The van der Waals surface area contributed by atoms with Crippen molar-refractivity contribution in [3.8, 4) is 5.75 Å². The lowest BCUT2D eigenvalue weighted by atomic mass is 10.2. The van der Waals surface area contributed by atoms with E-state index in [0.717, 1.165) is 18.2 Å². The summed E-state index contributed by atoms with van der Waals surface area (Å²) in [6, 6.07) is 3.00. The molecule has 0 bridgehead atoms. The minimum Gasteiger partial charge on any atom is -0.872 e. The summed E-state index contributed by atoms with van der Waals surface area (Å²) in [7, 11) is 0. The van der Waals surface area contributed by atoms with Crippen LogP contribution in [0.3, 0.4) is 0 Å². The van der Waals surface area contributed by atoms with Gasteiger partial charge in [-0.1, -0.05) is 12.1 Å². The van der Waals surface area contributed by atoms with E-state index in [9.17, 15) is 20.0 Å². The number of hydrogen-bond acceptors (Lipinski definition) is 4. The van der Waals surface area contributed by atoms with Crippen molar-refractivity contribution in [3.05, 3.63) is 33.9 Å². The van der Waals surface area contributed by atoms with Crippen LogP contribution in [0, 0.1) is 10.1 Å². The normalized spacial score (nSPS) is 9.33. The maximum absolute atomic E-state index is 10.6. The molecule has 0 atom stereocenters. The summed E-state index contributed by atoms with van der Waals surface area (Å²) in [5.74, 6) is -0.414. The Kier molecular flexibility index (Phi) is 2.05. The lowest BCUT2D eigenvalue weighted by Gasteiger charge is -2.03. The third kappa shape index (κ3) is 1.39. The molecule has 5 heteroatoms. The van der Waals surface area contributed by atoms with Crippen LogP contribution in [0.4, 0.5) is 5.69 Å². The maximum Gasteiger partial charge on any atom is 0.279 e. The third-order valence-electron chi connectivity index (χ3n) is 1.32. The molecule has 1 rings (SSSR count). The molecule has 0 spiro atoms. The summed E-state index contributed by atoms with van der Waals surface area (Å²) in [4.78, 5) is 19.8. The topological polar surface area (TPSA) is 83.3 Å². The van der Waals surface area contributed by atoms with E-state index in [-0.39, 0.29) is 11.3 Å². The number of rotatable bonds is 2. The molecule has 0 amide bonds. The molecule has 0 aromatic heterocycles. The van der Waals surface area contributed by atoms with Gasteiger partial charge >= 0.3 is 0 Å². The summed E-state index contributed by atoms with van der Waals surface area (Å²) in [6.07, 6.45) is 0.291. The summed E-state index contributed by atoms with van der Waals surface area (Å²) in [5, 5.41) is 20.9. The van der Waals surface area contributed by atoms with Gasteiger partial charge in [-0.2, -0.15) is 0 Å². The molecule has 0 fully saturated rings. The molecule has 1 aromatic rings. The second-order valence-electron chi connectivity index (χ2n) is 2.10. The summed E-state index contributed by atoms with van der Waals surface area (Å²) in [6.45, 7) is 0. The third-order valence-corrected chi connectivity index (χ3v) is 1.32. The number of nitrogens with zero attached hydrogens (tertiary/aromatic N) is 1. The fourth-order valence-electron chi connectivity index (χ4n) is 0.793. The van der Waals surface area contributed by atoms with Crippen LogP contribution in [0.1, 0.15) is 10.4 Å². The first kappa shape index (κ1) is 8.19. The second-order valence-corrected chi connectivity index (χ2v) is 2.10. The Hall–Kier alpha value is -1.91. The molecule has 0 saturated heterocycles. The van der Waals surface area contributed by atoms with Crippen molar-refractivity contribution in [1.29, 1.82) is 0 Å². The first-order valence-electron chi connectivity index (χ1n) is 3.06. The smallest absolute Gasteiger partial charge is 0.279 e. The van der Waals surface area contributed by atoms with Gasteiger partial charge in [0.1, 0.15) is 0 Å². The van der Waals surface area contributed by atoms with E-state index in [0.29, 0.717) is 6.29 Å². The lowest BCUT2D eigenvalue weighted by molar-refractivity contribution is -0.385. The lowest BCUT2D eigenvalue weighted by Crippen LogP contribution is -1.96. The van der Waals surface area contributed by atoms with Gasteiger partial charge in [0.05, 0.1) is 10.5 Å². The SMILES string of the molecule is O=Cc1cc([O-])ccc1[N+](=O)[O-]. The molecule has 0 heterocycles. The molecule has 0 aliphatic rings. The van der Waals surface area contributed by atoms with Crippen LogP contribution in [-0.2, 0) is 0 Å². The first-order valence-corrected chi connectivity index (χ1v) is 3.06. The molecule has 0 saturated carbocycles. The molecule has 0 aliphatic heterocycles. The van der Waals surface area contributed by atoms with E-state index in [2.05, 4.69) is 0 Å². The van der Waals surface area contributed by atoms with Crippen LogP contribution in [0.15, 0.2) is 18.2 Å². The molecule has 0 unspecified atom stereocenters. The van der Waals surface area contributed by atoms with Crippen molar-refractivity contribution in [1.82, 2.24) is 0 Å². The highest BCUT2D eigenvalue weighted by Gasteiger charge is 2.10. The predicted octanol–water partition coefficient (Wildman–Crippen LogP) is 0.481. The monoisotopic (exact) mass is 166 g/mol. The van der Waals surface area contributed by atoms with Crippen molar-refractivity contribution in [3.63, 3.8) is 0 Å².